The van der Waals surface area contributed by atoms with Crippen LogP contribution in [-0.2, 0) is 16.2 Å². The molecular weight excluding hydrogens is 288 g/mol. The minimum atomic E-state index is -0.409. The topological polar surface area (TPSA) is 35.5 Å². The van der Waals surface area contributed by atoms with Crippen molar-refractivity contribution in [2.75, 3.05) is 0 Å². The molecule has 0 heterocycles. The molecule has 0 aromatic heterocycles. The molecule has 1 fully saturated rings. The predicted octanol–water partition coefficient (Wildman–Crippen LogP) is 5.64. The summed E-state index contributed by atoms with van der Waals surface area (Å²) in [6.07, 6.45) is 11.0. The normalized spacial score (nSPS) is 16.4. The first kappa shape index (κ1) is 18.0. The molecule has 0 bridgehead atoms. The van der Waals surface area contributed by atoms with Gasteiger partial charge in [-0.3, -0.25) is 4.89 Å². The highest BCUT2D eigenvalue weighted by atomic mass is 17.2. The molecule has 1 saturated carbocycles. The number of carbonyl (C=O) groups is 1. The van der Waals surface area contributed by atoms with Crippen molar-refractivity contribution in [3.05, 3.63) is 41.5 Å². The Balaban J connectivity index is 1.72. The maximum absolute atomic E-state index is 12.0. The minimum absolute atomic E-state index is 0.409. The van der Waals surface area contributed by atoms with Gasteiger partial charge in [-0.15, -0.1) is 0 Å². The van der Waals surface area contributed by atoms with Gasteiger partial charge in [0, 0.05) is 0 Å². The number of hydrogen-bond acceptors (Lipinski definition) is 3. The maximum atomic E-state index is 12.0. The summed E-state index contributed by atoms with van der Waals surface area (Å²) in [4.78, 5) is 22.2. The second-order valence-electron chi connectivity index (χ2n) is 6.68. The van der Waals surface area contributed by atoms with Crippen molar-refractivity contribution in [1.82, 2.24) is 0 Å². The van der Waals surface area contributed by atoms with Gasteiger partial charge in [-0.1, -0.05) is 45.2 Å². The average molecular weight is 317 g/mol. The number of benzene rings is 1. The monoisotopic (exact) mass is 317 g/mol. The van der Waals surface area contributed by atoms with E-state index in [2.05, 4.69) is 13.8 Å². The molecule has 2 rings (SSSR count). The Kier molecular flexibility index (Phi) is 7.60. The second kappa shape index (κ2) is 9.71. The summed E-state index contributed by atoms with van der Waals surface area (Å²) >= 11 is 0. The smallest absolute Gasteiger partial charge is 0.292 e. The van der Waals surface area contributed by atoms with Crippen LogP contribution in [0.15, 0.2) is 24.3 Å². The van der Waals surface area contributed by atoms with Crippen LogP contribution in [0.2, 0.25) is 0 Å². The molecule has 0 atom stereocenters. The molecule has 0 amide bonds. The molecule has 0 unspecified atom stereocenters. The zero-order chi connectivity index (χ0) is 16.5. The van der Waals surface area contributed by atoms with Gasteiger partial charge in [-0.05, 0) is 62.1 Å². The molecule has 1 aliphatic rings. The summed E-state index contributed by atoms with van der Waals surface area (Å²) in [7, 11) is 0. The lowest BCUT2D eigenvalue weighted by molar-refractivity contribution is -0.240. The quantitative estimate of drug-likeness (QED) is 0.353. The fraction of sp³-hybridized carbons (Fsp3) is 0.600. The van der Waals surface area contributed by atoms with Crippen LogP contribution in [0.5, 0.6) is 0 Å². The SMILES string of the molecule is CCCCCCc1ccc(C(=O)OO[C]2CCC(C)CC2)cc1. The molecule has 0 saturated heterocycles. The third-order valence-corrected chi connectivity index (χ3v) is 4.58. The lowest BCUT2D eigenvalue weighted by Gasteiger charge is -2.23. The van der Waals surface area contributed by atoms with E-state index in [0.29, 0.717) is 5.56 Å². The van der Waals surface area contributed by atoms with E-state index in [1.165, 1.54) is 31.2 Å². The fourth-order valence-corrected chi connectivity index (χ4v) is 2.88. The summed E-state index contributed by atoms with van der Waals surface area (Å²) in [5.74, 6) is 0.330. The standard InChI is InChI=1S/C20H29O3/c1-3-4-5-6-7-17-10-12-18(13-11-17)20(21)23-22-19-14-8-16(2)9-15-19/h10-13,16H,3-9,14-15H2,1-2H3. The van der Waals surface area contributed by atoms with E-state index in [0.717, 1.165) is 44.1 Å². The van der Waals surface area contributed by atoms with Gasteiger partial charge in [0.1, 0.15) is 6.10 Å². The van der Waals surface area contributed by atoms with Gasteiger partial charge in [0.05, 0.1) is 5.56 Å². The number of rotatable bonds is 8. The van der Waals surface area contributed by atoms with Gasteiger partial charge in [0.25, 0.3) is 0 Å². The van der Waals surface area contributed by atoms with Crippen LogP contribution in [0.4, 0.5) is 0 Å². The Bertz CT molecular complexity index is 458. The molecule has 3 heteroatoms. The first-order valence-electron chi connectivity index (χ1n) is 9.01. The van der Waals surface area contributed by atoms with Gasteiger partial charge in [-0.25, -0.2) is 4.79 Å². The van der Waals surface area contributed by atoms with Crippen molar-refractivity contribution < 1.29 is 14.6 Å². The first-order valence-corrected chi connectivity index (χ1v) is 9.01. The van der Waals surface area contributed by atoms with Crippen LogP contribution in [0.3, 0.4) is 0 Å². The molecule has 0 spiro atoms. The number of carbonyl (C=O) groups excluding carboxylic acids is 1. The van der Waals surface area contributed by atoms with E-state index < -0.39 is 5.97 Å². The van der Waals surface area contributed by atoms with E-state index in [1.807, 2.05) is 24.3 Å². The van der Waals surface area contributed by atoms with Crippen molar-refractivity contribution in [2.24, 2.45) is 5.92 Å². The zero-order valence-corrected chi connectivity index (χ0v) is 14.5. The van der Waals surface area contributed by atoms with Crippen molar-refractivity contribution in [3.8, 4) is 0 Å². The van der Waals surface area contributed by atoms with Crippen LogP contribution in [0.1, 0.15) is 81.1 Å². The summed E-state index contributed by atoms with van der Waals surface area (Å²) in [5.41, 5.74) is 1.82. The Morgan fingerprint density at radius 1 is 1.09 bits per heavy atom. The lowest BCUT2D eigenvalue weighted by atomic mass is 9.89. The highest BCUT2D eigenvalue weighted by molar-refractivity contribution is 5.88. The zero-order valence-electron chi connectivity index (χ0n) is 14.5. The summed E-state index contributed by atoms with van der Waals surface area (Å²) in [6.45, 7) is 4.46. The van der Waals surface area contributed by atoms with Crippen LogP contribution in [0.25, 0.3) is 0 Å². The van der Waals surface area contributed by atoms with Crippen LogP contribution in [-0.4, -0.2) is 5.97 Å². The van der Waals surface area contributed by atoms with E-state index >= 15 is 0 Å². The van der Waals surface area contributed by atoms with Gasteiger partial charge in [0.15, 0.2) is 0 Å². The van der Waals surface area contributed by atoms with Gasteiger partial charge >= 0.3 is 5.97 Å². The second-order valence-corrected chi connectivity index (χ2v) is 6.68. The van der Waals surface area contributed by atoms with Crippen LogP contribution >= 0.6 is 0 Å². The molecular formula is C20H29O3. The highest BCUT2D eigenvalue weighted by Crippen LogP contribution is 2.30. The number of aryl methyl sites for hydroxylation is 1. The Hall–Kier alpha value is -1.35. The molecule has 3 nitrogen and oxygen atoms in total. The molecule has 1 aromatic rings. The molecule has 1 aliphatic carbocycles. The predicted molar refractivity (Wildman–Crippen MR) is 91.7 cm³/mol. The van der Waals surface area contributed by atoms with E-state index in [1.54, 1.807) is 0 Å². The molecule has 23 heavy (non-hydrogen) atoms. The van der Waals surface area contributed by atoms with E-state index in [-0.39, 0.29) is 0 Å². The van der Waals surface area contributed by atoms with E-state index in [9.17, 15) is 4.79 Å². The van der Waals surface area contributed by atoms with Crippen LogP contribution in [0, 0.1) is 12.0 Å². The maximum Gasteiger partial charge on any atom is 0.373 e. The largest absolute Gasteiger partial charge is 0.373 e. The van der Waals surface area contributed by atoms with E-state index in [4.69, 9.17) is 9.78 Å². The van der Waals surface area contributed by atoms with Gasteiger partial charge in [0.2, 0.25) is 0 Å². The van der Waals surface area contributed by atoms with Gasteiger partial charge < -0.3 is 0 Å². The Morgan fingerprint density at radius 2 is 1.78 bits per heavy atom. The lowest BCUT2D eigenvalue weighted by Crippen LogP contribution is -2.16. The average Bonchev–Trinajstić information content (AvgIpc) is 2.58. The highest BCUT2D eigenvalue weighted by Gasteiger charge is 2.22. The summed E-state index contributed by atoms with van der Waals surface area (Å²) in [5, 5.41) is 0. The van der Waals surface area contributed by atoms with Crippen molar-refractivity contribution in [3.63, 3.8) is 0 Å². The van der Waals surface area contributed by atoms with Crippen LogP contribution < -0.4 is 0 Å². The summed E-state index contributed by atoms with van der Waals surface area (Å²) < 4.78 is 0. The molecule has 0 aliphatic heterocycles. The number of unbranched alkanes of at least 4 members (excludes halogenated alkanes) is 3. The van der Waals surface area contributed by atoms with Crippen molar-refractivity contribution >= 4 is 5.97 Å². The Labute approximate surface area is 140 Å². The first-order chi connectivity index (χ1) is 11.2. The Morgan fingerprint density at radius 3 is 2.43 bits per heavy atom. The molecule has 0 N–H and O–H groups in total. The fourth-order valence-electron chi connectivity index (χ4n) is 2.88. The molecule has 1 aromatic carbocycles. The third kappa shape index (κ3) is 6.34. The summed E-state index contributed by atoms with van der Waals surface area (Å²) in [6, 6.07) is 7.68. The third-order valence-electron chi connectivity index (χ3n) is 4.58. The van der Waals surface area contributed by atoms with Crippen molar-refractivity contribution in [2.45, 2.75) is 71.6 Å². The molecule has 1 radical (unpaired) electrons. The minimum Gasteiger partial charge on any atom is -0.292 e. The van der Waals surface area contributed by atoms with Crippen molar-refractivity contribution in [1.29, 1.82) is 0 Å². The van der Waals surface area contributed by atoms with Gasteiger partial charge in [-0.2, -0.15) is 4.89 Å². The molecule has 127 valence electrons. The number of hydrogen-bond donors (Lipinski definition) is 0.